The van der Waals surface area contributed by atoms with Gasteiger partial charge in [0.25, 0.3) is 5.91 Å². The molecule has 0 bridgehead atoms. The Kier molecular flexibility index (Phi) is 5.63. The van der Waals surface area contributed by atoms with E-state index in [1.807, 2.05) is 25.2 Å². The van der Waals surface area contributed by atoms with Gasteiger partial charge in [0.15, 0.2) is 11.5 Å². The first-order valence-electron chi connectivity index (χ1n) is 7.00. The smallest absolute Gasteiger partial charge is 0.263 e. The fraction of sp³-hybridized carbons (Fsp3) is 0.438. The van der Waals surface area contributed by atoms with Gasteiger partial charge in [0.1, 0.15) is 0 Å². The van der Waals surface area contributed by atoms with Gasteiger partial charge in [-0.3, -0.25) is 4.79 Å². The molecule has 0 saturated heterocycles. The van der Waals surface area contributed by atoms with Crippen LogP contribution >= 0.6 is 11.3 Å². The Balaban J connectivity index is 2.23. The molecule has 0 N–H and O–H groups in total. The van der Waals surface area contributed by atoms with E-state index in [1.54, 1.807) is 26.2 Å². The number of ether oxygens (including phenoxy) is 3. The number of nitrogens with zero attached hydrogens (tertiary/aromatic N) is 1. The van der Waals surface area contributed by atoms with Crippen molar-refractivity contribution in [2.45, 2.75) is 6.42 Å². The zero-order valence-electron chi connectivity index (χ0n) is 13.3. The molecule has 0 atom stereocenters. The molecule has 0 aliphatic heterocycles. The molecule has 0 aliphatic carbocycles. The summed E-state index contributed by atoms with van der Waals surface area (Å²) in [5, 5.41) is 0.983. The number of amides is 1. The number of thiophene rings is 1. The van der Waals surface area contributed by atoms with Crippen molar-refractivity contribution < 1.29 is 19.0 Å². The Labute approximate surface area is 134 Å². The van der Waals surface area contributed by atoms with E-state index in [0.717, 1.165) is 16.5 Å². The van der Waals surface area contributed by atoms with Gasteiger partial charge < -0.3 is 19.1 Å². The van der Waals surface area contributed by atoms with Crippen molar-refractivity contribution in [2.24, 2.45) is 0 Å². The van der Waals surface area contributed by atoms with Gasteiger partial charge in [0, 0.05) is 38.1 Å². The third-order valence-electron chi connectivity index (χ3n) is 3.42. The van der Waals surface area contributed by atoms with E-state index in [1.165, 1.54) is 11.3 Å². The molecule has 0 aliphatic rings. The van der Waals surface area contributed by atoms with Crippen molar-refractivity contribution in [1.29, 1.82) is 0 Å². The molecule has 5 nitrogen and oxygen atoms in total. The van der Waals surface area contributed by atoms with Crippen LogP contribution in [0.4, 0.5) is 0 Å². The number of carbonyl (C=O) groups excluding carboxylic acids is 1. The molecule has 0 fully saturated rings. The van der Waals surface area contributed by atoms with Crippen LogP contribution in [0.3, 0.4) is 0 Å². The van der Waals surface area contributed by atoms with Gasteiger partial charge in [-0.15, -0.1) is 11.3 Å². The molecule has 22 heavy (non-hydrogen) atoms. The molecule has 1 heterocycles. The number of fused-ring (bicyclic) bond motifs is 1. The molecule has 120 valence electrons. The quantitative estimate of drug-likeness (QED) is 0.735. The Hall–Kier alpha value is -1.79. The van der Waals surface area contributed by atoms with E-state index < -0.39 is 0 Å². The summed E-state index contributed by atoms with van der Waals surface area (Å²) in [5.41, 5.74) is 0. The monoisotopic (exact) mass is 323 g/mol. The molecule has 1 aromatic heterocycles. The van der Waals surface area contributed by atoms with E-state index in [9.17, 15) is 4.79 Å². The molecule has 0 spiro atoms. The van der Waals surface area contributed by atoms with Crippen LogP contribution in [-0.2, 0) is 4.74 Å². The largest absolute Gasteiger partial charge is 0.493 e. The maximum atomic E-state index is 12.5. The van der Waals surface area contributed by atoms with Crippen molar-refractivity contribution in [3.63, 3.8) is 0 Å². The number of carbonyl (C=O) groups is 1. The second-order valence-corrected chi connectivity index (χ2v) is 6.01. The van der Waals surface area contributed by atoms with E-state index in [-0.39, 0.29) is 5.91 Å². The van der Waals surface area contributed by atoms with Crippen LogP contribution in [0.2, 0.25) is 0 Å². The predicted molar refractivity (Wildman–Crippen MR) is 88.4 cm³/mol. The lowest BCUT2D eigenvalue weighted by Crippen LogP contribution is -2.27. The zero-order valence-corrected chi connectivity index (χ0v) is 14.2. The Bertz CT molecular complexity index is 612. The highest BCUT2D eigenvalue weighted by atomic mass is 32.1. The molecule has 0 unspecified atom stereocenters. The third kappa shape index (κ3) is 3.51. The Morgan fingerprint density at radius 1 is 1.14 bits per heavy atom. The van der Waals surface area contributed by atoms with Gasteiger partial charge >= 0.3 is 0 Å². The second-order valence-electron chi connectivity index (χ2n) is 4.93. The first-order chi connectivity index (χ1) is 10.6. The van der Waals surface area contributed by atoms with Gasteiger partial charge in [0.2, 0.25) is 0 Å². The molecule has 1 aromatic carbocycles. The molecule has 6 heteroatoms. The molecule has 1 amide bonds. The minimum Gasteiger partial charge on any atom is -0.493 e. The second kappa shape index (κ2) is 7.47. The molecular formula is C16H21NO4S. The lowest BCUT2D eigenvalue weighted by molar-refractivity contribution is 0.0784. The highest BCUT2D eigenvalue weighted by molar-refractivity contribution is 7.20. The summed E-state index contributed by atoms with van der Waals surface area (Å²) < 4.78 is 16.6. The van der Waals surface area contributed by atoms with Gasteiger partial charge in [-0.1, -0.05) is 0 Å². The summed E-state index contributed by atoms with van der Waals surface area (Å²) in [6.07, 6.45) is 0.825. The highest BCUT2D eigenvalue weighted by Crippen LogP contribution is 2.36. The van der Waals surface area contributed by atoms with Crippen LogP contribution in [-0.4, -0.2) is 52.3 Å². The van der Waals surface area contributed by atoms with Crippen molar-refractivity contribution >= 4 is 27.3 Å². The summed E-state index contributed by atoms with van der Waals surface area (Å²) in [5.74, 6) is 1.36. The predicted octanol–water partition coefficient (Wildman–Crippen LogP) is 3.03. The van der Waals surface area contributed by atoms with Crippen LogP contribution in [0.1, 0.15) is 16.1 Å². The van der Waals surface area contributed by atoms with E-state index in [2.05, 4.69) is 0 Å². The van der Waals surface area contributed by atoms with Crippen LogP contribution in [0, 0.1) is 0 Å². The van der Waals surface area contributed by atoms with Crippen molar-refractivity contribution in [3.05, 3.63) is 23.1 Å². The van der Waals surface area contributed by atoms with Gasteiger partial charge in [-0.2, -0.15) is 0 Å². The average Bonchev–Trinajstić information content (AvgIpc) is 2.95. The number of hydrogen-bond acceptors (Lipinski definition) is 5. The zero-order chi connectivity index (χ0) is 16.1. The summed E-state index contributed by atoms with van der Waals surface area (Å²) in [4.78, 5) is 14.9. The van der Waals surface area contributed by atoms with Gasteiger partial charge in [-0.25, -0.2) is 0 Å². The van der Waals surface area contributed by atoms with Crippen molar-refractivity contribution in [2.75, 3.05) is 41.5 Å². The Morgan fingerprint density at radius 2 is 1.82 bits per heavy atom. The topological polar surface area (TPSA) is 48.0 Å². The molecule has 2 rings (SSSR count). The van der Waals surface area contributed by atoms with Crippen LogP contribution < -0.4 is 9.47 Å². The van der Waals surface area contributed by atoms with Crippen molar-refractivity contribution in [3.8, 4) is 11.5 Å². The third-order valence-corrected chi connectivity index (χ3v) is 4.51. The van der Waals surface area contributed by atoms with Crippen LogP contribution in [0.25, 0.3) is 10.1 Å². The fourth-order valence-electron chi connectivity index (χ4n) is 2.21. The van der Waals surface area contributed by atoms with E-state index in [0.29, 0.717) is 29.5 Å². The van der Waals surface area contributed by atoms with Gasteiger partial charge in [-0.05, 0) is 23.9 Å². The molecule has 0 radical (unpaired) electrons. The number of hydrogen-bond donors (Lipinski definition) is 0. The summed E-state index contributed by atoms with van der Waals surface area (Å²) in [6, 6.07) is 5.70. The lowest BCUT2D eigenvalue weighted by Gasteiger charge is -2.15. The standard InChI is InChI=1S/C16H21NO4S/c1-17(6-5-7-19-2)16(18)15-9-11-8-12(20-3)13(21-4)10-14(11)22-15/h8-10H,5-7H2,1-4H3. The van der Waals surface area contributed by atoms with Crippen LogP contribution in [0.5, 0.6) is 11.5 Å². The summed E-state index contributed by atoms with van der Waals surface area (Å²) in [7, 11) is 6.68. The lowest BCUT2D eigenvalue weighted by atomic mass is 10.2. The van der Waals surface area contributed by atoms with E-state index >= 15 is 0 Å². The number of methoxy groups -OCH3 is 3. The van der Waals surface area contributed by atoms with Crippen molar-refractivity contribution in [1.82, 2.24) is 4.90 Å². The average molecular weight is 323 g/mol. The molecular weight excluding hydrogens is 302 g/mol. The first-order valence-corrected chi connectivity index (χ1v) is 7.82. The minimum atomic E-state index is 0.0234. The van der Waals surface area contributed by atoms with E-state index in [4.69, 9.17) is 14.2 Å². The normalized spacial score (nSPS) is 10.7. The minimum absolute atomic E-state index is 0.0234. The fourth-order valence-corrected chi connectivity index (χ4v) is 3.28. The van der Waals surface area contributed by atoms with Crippen LogP contribution in [0.15, 0.2) is 18.2 Å². The Morgan fingerprint density at radius 3 is 2.45 bits per heavy atom. The first kappa shape index (κ1) is 16.6. The summed E-state index contributed by atoms with van der Waals surface area (Å²) >= 11 is 1.46. The van der Waals surface area contributed by atoms with Gasteiger partial charge in [0.05, 0.1) is 19.1 Å². The maximum absolute atomic E-state index is 12.5. The highest BCUT2D eigenvalue weighted by Gasteiger charge is 2.16. The molecule has 0 saturated carbocycles. The maximum Gasteiger partial charge on any atom is 0.263 e. The SMILES string of the molecule is COCCCN(C)C(=O)c1cc2cc(OC)c(OC)cc2s1. The number of benzene rings is 1. The molecule has 2 aromatic rings. The number of rotatable bonds is 7. The summed E-state index contributed by atoms with van der Waals surface area (Å²) in [6.45, 7) is 1.33.